The Morgan fingerprint density at radius 1 is 1.16 bits per heavy atom. The minimum Gasteiger partial charge on any atom is -0.358 e. The Morgan fingerprint density at radius 2 is 1.88 bits per heavy atom. The number of nitrogens with one attached hydrogen (secondary N) is 1. The number of amides is 1. The van der Waals surface area contributed by atoms with Gasteiger partial charge >= 0.3 is 0 Å². The van der Waals surface area contributed by atoms with E-state index < -0.39 is 0 Å². The molecule has 1 aliphatic heterocycles. The molecular weight excluding hydrogens is 308 g/mol. The van der Waals surface area contributed by atoms with E-state index in [9.17, 15) is 4.79 Å². The van der Waals surface area contributed by atoms with Crippen molar-refractivity contribution in [2.75, 3.05) is 4.90 Å². The number of para-hydroxylation sites is 2. The van der Waals surface area contributed by atoms with Crippen LogP contribution in [-0.2, 0) is 11.2 Å². The maximum absolute atomic E-state index is 13.1. The van der Waals surface area contributed by atoms with Crippen LogP contribution in [0.4, 0.5) is 5.69 Å². The van der Waals surface area contributed by atoms with Gasteiger partial charge in [0.15, 0.2) is 0 Å². The number of allylic oxidation sites excluding steroid dienone is 1. The molecule has 3 nitrogen and oxygen atoms in total. The minimum absolute atomic E-state index is 0.0240. The Balaban J connectivity index is 1.91. The number of anilines is 1. The first-order valence-electron chi connectivity index (χ1n) is 8.73. The van der Waals surface area contributed by atoms with Crippen molar-refractivity contribution in [1.82, 2.24) is 4.98 Å². The van der Waals surface area contributed by atoms with Gasteiger partial charge in [-0.05, 0) is 44.9 Å². The van der Waals surface area contributed by atoms with Gasteiger partial charge in [0.2, 0.25) is 0 Å². The number of nitrogens with zero attached hydrogens (tertiary/aromatic N) is 1. The van der Waals surface area contributed by atoms with Crippen LogP contribution in [0, 0.1) is 6.92 Å². The highest BCUT2D eigenvalue weighted by molar-refractivity contribution is 6.07. The summed E-state index contributed by atoms with van der Waals surface area (Å²) in [4.78, 5) is 18.6. The van der Waals surface area contributed by atoms with Crippen LogP contribution >= 0.6 is 0 Å². The second kappa shape index (κ2) is 5.92. The van der Waals surface area contributed by atoms with E-state index >= 15 is 0 Å². The first-order chi connectivity index (χ1) is 12.1. The predicted octanol–water partition coefficient (Wildman–Crippen LogP) is 5.07. The van der Waals surface area contributed by atoms with Gasteiger partial charge < -0.3 is 9.88 Å². The number of hydrogen-bond donors (Lipinski definition) is 1. The van der Waals surface area contributed by atoms with Crippen LogP contribution in [0.3, 0.4) is 0 Å². The number of aromatic amines is 1. The maximum Gasteiger partial charge on any atom is 0.254 e. The lowest BCUT2D eigenvalue weighted by Crippen LogP contribution is -2.33. The summed E-state index contributed by atoms with van der Waals surface area (Å²) in [5.74, 6) is 0.0853. The summed E-state index contributed by atoms with van der Waals surface area (Å²) in [5, 5.41) is 1.20. The molecule has 0 spiro atoms. The number of H-pyrrole nitrogens is 1. The zero-order valence-corrected chi connectivity index (χ0v) is 14.8. The predicted molar refractivity (Wildman–Crippen MR) is 103 cm³/mol. The first kappa shape index (κ1) is 15.7. The Bertz CT molecular complexity index is 996. The van der Waals surface area contributed by atoms with E-state index in [-0.39, 0.29) is 11.9 Å². The Morgan fingerprint density at radius 3 is 2.68 bits per heavy atom. The SMILES string of the molecule is CC=C(C)C(=O)N1c2ccccc2CC1c1c(C)[nH]c2ccccc12. The monoisotopic (exact) mass is 330 g/mol. The zero-order chi connectivity index (χ0) is 17.6. The molecule has 0 aliphatic carbocycles. The van der Waals surface area contributed by atoms with E-state index in [2.05, 4.69) is 48.3 Å². The number of carbonyl (C=O) groups is 1. The van der Waals surface area contributed by atoms with E-state index in [1.54, 1.807) is 0 Å². The van der Waals surface area contributed by atoms with Gasteiger partial charge in [0.05, 0.1) is 6.04 Å². The van der Waals surface area contributed by atoms with Crippen LogP contribution in [0.5, 0.6) is 0 Å². The van der Waals surface area contributed by atoms with Crippen LogP contribution in [0.1, 0.15) is 36.7 Å². The molecule has 0 bridgehead atoms. The third kappa shape index (κ3) is 2.39. The third-order valence-corrected chi connectivity index (χ3v) is 5.24. The summed E-state index contributed by atoms with van der Waals surface area (Å²) < 4.78 is 0. The van der Waals surface area contributed by atoms with Crippen LogP contribution in [0.25, 0.3) is 10.9 Å². The van der Waals surface area contributed by atoms with Crippen LogP contribution in [0.15, 0.2) is 60.2 Å². The minimum atomic E-state index is 0.0240. The molecule has 0 fully saturated rings. The van der Waals surface area contributed by atoms with Gasteiger partial charge in [0, 0.05) is 33.4 Å². The van der Waals surface area contributed by atoms with Crippen molar-refractivity contribution in [2.45, 2.75) is 33.2 Å². The molecule has 126 valence electrons. The molecule has 2 aromatic carbocycles. The summed E-state index contributed by atoms with van der Waals surface area (Å²) in [6.45, 7) is 5.91. The van der Waals surface area contributed by atoms with Crippen LogP contribution in [0.2, 0.25) is 0 Å². The van der Waals surface area contributed by atoms with Gasteiger partial charge in [-0.1, -0.05) is 42.5 Å². The topological polar surface area (TPSA) is 36.1 Å². The molecule has 0 saturated heterocycles. The number of rotatable bonds is 2. The Kier molecular flexibility index (Phi) is 3.72. The third-order valence-electron chi connectivity index (χ3n) is 5.24. The molecule has 25 heavy (non-hydrogen) atoms. The fourth-order valence-corrected chi connectivity index (χ4v) is 3.91. The summed E-state index contributed by atoms with van der Waals surface area (Å²) in [5.41, 5.74) is 6.53. The molecule has 1 aliphatic rings. The highest BCUT2D eigenvalue weighted by Crippen LogP contribution is 2.44. The lowest BCUT2D eigenvalue weighted by Gasteiger charge is -2.26. The number of aromatic nitrogens is 1. The average molecular weight is 330 g/mol. The number of hydrogen-bond acceptors (Lipinski definition) is 1. The van der Waals surface area contributed by atoms with E-state index in [1.807, 2.05) is 37.0 Å². The fraction of sp³-hybridized carbons (Fsp3) is 0.227. The number of aryl methyl sites for hydroxylation is 1. The molecule has 2 heterocycles. The second-order valence-corrected chi connectivity index (χ2v) is 6.70. The summed E-state index contributed by atoms with van der Waals surface area (Å²) in [6, 6.07) is 16.6. The Labute approximate surface area is 148 Å². The standard InChI is InChI=1S/C22H22N2O/c1-4-14(2)22(25)24-19-12-8-5-9-16(19)13-20(24)21-15(3)23-18-11-7-6-10-17(18)21/h4-12,20,23H,13H2,1-3H3. The van der Waals surface area contributed by atoms with Gasteiger partial charge in [-0.2, -0.15) is 0 Å². The van der Waals surface area contributed by atoms with Crippen LogP contribution < -0.4 is 4.90 Å². The number of fused-ring (bicyclic) bond motifs is 2. The smallest absolute Gasteiger partial charge is 0.254 e. The first-order valence-corrected chi connectivity index (χ1v) is 8.73. The average Bonchev–Trinajstić information content (AvgIpc) is 3.16. The van der Waals surface area contributed by atoms with E-state index in [0.29, 0.717) is 0 Å². The molecule has 3 aromatic rings. The molecule has 0 saturated carbocycles. The number of benzene rings is 2. The van der Waals surface area contributed by atoms with E-state index in [1.165, 1.54) is 16.5 Å². The maximum atomic E-state index is 13.1. The molecule has 0 radical (unpaired) electrons. The van der Waals surface area contributed by atoms with Crippen molar-refractivity contribution in [3.8, 4) is 0 Å². The van der Waals surface area contributed by atoms with Gasteiger partial charge in [-0.25, -0.2) is 0 Å². The second-order valence-electron chi connectivity index (χ2n) is 6.70. The Hall–Kier alpha value is -2.81. The fourth-order valence-electron chi connectivity index (χ4n) is 3.91. The molecule has 1 amide bonds. The quantitative estimate of drug-likeness (QED) is 0.654. The van der Waals surface area contributed by atoms with Gasteiger partial charge in [0.25, 0.3) is 5.91 Å². The molecule has 3 heteroatoms. The van der Waals surface area contributed by atoms with Gasteiger partial charge in [-0.3, -0.25) is 4.79 Å². The summed E-state index contributed by atoms with van der Waals surface area (Å²) >= 11 is 0. The molecule has 1 atom stereocenters. The molecule has 1 aromatic heterocycles. The van der Waals surface area contributed by atoms with Gasteiger partial charge in [0.1, 0.15) is 0 Å². The van der Waals surface area contributed by atoms with Crippen LogP contribution in [-0.4, -0.2) is 10.9 Å². The van der Waals surface area contributed by atoms with Crippen molar-refractivity contribution < 1.29 is 4.79 Å². The summed E-state index contributed by atoms with van der Waals surface area (Å²) in [6.07, 6.45) is 2.74. The normalized spacial score (nSPS) is 17.2. The van der Waals surface area contributed by atoms with Gasteiger partial charge in [-0.15, -0.1) is 0 Å². The largest absolute Gasteiger partial charge is 0.358 e. The lowest BCUT2D eigenvalue weighted by atomic mass is 9.99. The van der Waals surface area contributed by atoms with Crippen molar-refractivity contribution in [3.63, 3.8) is 0 Å². The molecule has 1 N–H and O–H groups in total. The van der Waals surface area contributed by atoms with Crippen molar-refractivity contribution in [1.29, 1.82) is 0 Å². The van der Waals surface area contributed by atoms with E-state index in [0.717, 1.165) is 28.9 Å². The highest BCUT2D eigenvalue weighted by Gasteiger charge is 2.37. The van der Waals surface area contributed by atoms with E-state index in [4.69, 9.17) is 0 Å². The molecule has 1 unspecified atom stereocenters. The van der Waals surface area contributed by atoms with Crippen molar-refractivity contribution >= 4 is 22.5 Å². The lowest BCUT2D eigenvalue weighted by molar-refractivity contribution is -0.115. The van der Waals surface area contributed by atoms with Crippen molar-refractivity contribution in [2.24, 2.45) is 0 Å². The number of carbonyl (C=O) groups excluding carboxylic acids is 1. The zero-order valence-electron chi connectivity index (χ0n) is 14.8. The summed E-state index contributed by atoms with van der Waals surface area (Å²) in [7, 11) is 0. The highest BCUT2D eigenvalue weighted by atomic mass is 16.2. The molecular formula is C22H22N2O. The van der Waals surface area contributed by atoms with Crippen molar-refractivity contribution in [3.05, 3.63) is 77.0 Å². The molecule has 4 rings (SSSR count).